The second-order valence-electron chi connectivity index (χ2n) is 8.29. The Balaban J connectivity index is 1.56. The lowest BCUT2D eigenvalue weighted by Crippen LogP contribution is -2.49. The van der Waals surface area contributed by atoms with E-state index >= 15 is 0 Å². The van der Waals surface area contributed by atoms with Gasteiger partial charge < -0.3 is 4.90 Å². The molecule has 0 bridgehead atoms. The summed E-state index contributed by atoms with van der Waals surface area (Å²) in [6, 6.07) is 6.94. The van der Waals surface area contributed by atoms with Crippen molar-refractivity contribution >= 4 is 15.9 Å². The lowest BCUT2D eigenvalue weighted by atomic mass is 9.94. The van der Waals surface area contributed by atoms with Gasteiger partial charge >= 0.3 is 0 Å². The molecule has 9 heteroatoms. The summed E-state index contributed by atoms with van der Waals surface area (Å²) in [5, 5.41) is 0. The molecule has 2 aliphatic rings. The van der Waals surface area contributed by atoms with Crippen molar-refractivity contribution in [1.82, 2.24) is 9.62 Å². The Hall–Kier alpha value is -2.39. The minimum atomic E-state index is -3.38. The number of carbonyl (C=O) groups is 1. The predicted octanol–water partition coefficient (Wildman–Crippen LogP) is 3.41. The van der Waals surface area contributed by atoms with E-state index in [2.05, 4.69) is 4.72 Å². The van der Waals surface area contributed by atoms with E-state index in [1.807, 2.05) is 0 Å². The van der Waals surface area contributed by atoms with Crippen LogP contribution in [0.3, 0.4) is 0 Å². The van der Waals surface area contributed by atoms with Crippen LogP contribution >= 0.6 is 0 Å². The Morgan fingerprint density at radius 3 is 2.52 bits per heavy atom. The summed E-state index contributed by atoms with van der Waals surface area (Å²) in [5.74, 6) is -2.95. The van der Waals surface area contributed by atoms with E-state index in [0.29, 0.717) is 31.4 Å². The van der Waals surface area contributed by atoms with Gasteiger partial charge in [-0.15, -0.1) is 0 Å². The molecule has 2 aromatic rings. The van der Waals surface area contributed by atoms with Crippen LogP contribution in [0.2, 0.25) is 0 Å². The Labute approximate surface area is 179 Å². The second kappa shape index (κ2) is 8.27. The number of hydrogen-bond acceptors (Lipinski definition) is 3. The summed E-state index contributed by atoms with van der Waals surface area (Å²) in [4.78, 5) is 14.7. The van der Waals surface area contributed by atoms with Crippen LogP contribution in [-0.2, 0) is 14.8 Å². The molecular weight excluding hydrogens is 429 g/mol. The number of hydrogen-bond donors (Lipinski definition) is 1. The Morgan fingerprint density at radius 2 is 1.84 bits per heavy atom. The standard InChI is InChI=1S/C22H23F3N2O3S/c1-31(29,30)26-14-4-3-9-27(12-14)22(28)18-11-17(18)16-10-13(23)7-8-15(16)21-19(24)5-2-6-20(21)25/h2,5-8,10,14,17-18,26H,3-4,9,11-12H2,1H3. The van der Waals surface area contributed by atoms with Crippen LogP contribution in [0.1, 0.15) is 30.7 Å². The van der Waals surface area contributed by atoms with E-state index in [4.69, 9.17) is 0 Å². The van der Waals surface area contributed by atoms with Gasteiger partial charge in [0.25, 0.3) is 0 Å². The molecule has 1 aliphatic carbocycles. The zero-order valence-corrected chi connectivity index (χ0v) is 17.8. The molecule has 31 heavy (non-hydrogen) atoms. The first kappa shape index (κ1) is 21.8. The van der Waals surface area contributed by atoms with E-state index < -0.39 is 33.4 Å². The molecule has 1 heterocycles. The molecule has 5 nitrogen and oxygen atoms in total. The van der Waals surface area contributed by atoms with Gasteiger partial charge in [0.1, 0.15) is 17.5 Å². The van der Waals surface area contributed by atoms with Crippen LogP contribution < -0.4 is 4.72 Å². The SMILES string of the molecule is CS(=O)(=O)NC1CCCN(C(=O)C2CC2c2cc(F)ccc2-c2c(F)cccc2F)C1. The quantitative estimate of drug-likeness (QED) is 0.756. The van der Waals surface area contributed by atoms with E-state index in [1.165, 1.54) is 18.2 Å². The highest BCUT2D eigenvalue weighted by Gasteiger charge is 2.47. The summed E-state index contributed by atoms with van der Waals surface area (Å²) < 4.78 is 68.3. The fourth-order valence-corrected chi connectivity index (χ4v) is 5.24. The maximum Gasteiger partial charge on any atom is 0.226 e. The molecule has 0 spiro atoms. The van der Waals surface area contributed by atoms with E-state index in [0.717, 1.165) is 24.5 Å². The minimum Gasteiger partial charge on any atom is -0.341 e. The predicted molar refractivity (Wildman–Crippen MR) is 110 cm³/mol. The molecule has 1 saturated heterocycles. The lowest BCUT2D eigenvalue weighted by Gasteiger charge is -2.33. The fourth-order valence-electron chi connectivity index (χ4n) is 4.45. The molecule has 4 rings (SSSR count). The lowest BCUT2D eigenvalue weighted by molar-refractivity contribution is -0.133. The molecular formula is C22H23F3N2O3S. The van der Waals surface area contributed by atoms with Crippen LogP contribution in [0.5, 0.6) is 0 Å². The van der Waals surface area contributed by atoms with Crippen LogP contribution in [0, 0.1) is 23.4 Å². The van der Waals surface area contributed by atoms with Gasteiger partial charge in [0, 0.05) is 25.0 Å². The van der Waals surface area contributed by atoms with Gasteiger partial charge in [-0.25, -0.2) is 26.3 Å². The van der Waals surface area contributed by atoms with Crippen molar-refractivity contribution < 1.29 is 26.4 Å². The number of sulfonamides is 1. The van der Waals surface area contributed by atoms with Crippen molar-refractivity contribution in [2.45, 2.75) is 31.2 Å². The van der Waals surface area contributed by atoms with E-state index in [1.54, 1.807) is 4.90 Å². The van der Waals surface area contributed by atoms with Crippen molar-refractivity contribution in [3.8, 4) is 11.1 Å². The Bertz CT molecular complexity index is 1100. The van der Waals surface area contributed by atoms with Crippen molar-refractivity contribution in [2.75, 3.05) is 19.3 Å². The zero-order valence-electron chi connectivity index (χ0n) is 16.9. The molecule has 2 aromatic carbocycles. The highest BCUT2D eigenvalue weighted by atomic mass is 32.2. The first-order valence-electron chi connectivity index (χ1n) is 10.1. The number of amides is 1. The fraction of sp³-hybridized carbons (Fsp3) is 0.409. The number of carbonyl (C=O) groups excluding carboxylic acids is 1. The smallest absolute Gasteiger partial charge is 0.226 e. The molecule has 1 aliphatic heterocycles. The van der Waals surface area contributed by atoms with Gasteiger partial charge in [-0.2, -0.15) is 0 Å². The van der Waals surface area contributed by atoms with Gasteiger partial charge in [0.15, 0.2) is 0 Å². The maximum absolute atomic E-state index is 14.4. The number of piperidine rings is 1. The third-order valence-corrected chi connectivity index (χ3v) is 6.63. The van der Waals surface area contributed by atoms with E-state index in [9.17, 15) is 26.4 Å². The summed E-state index contributed by atoms with van der Waals surface area (Å²) in [7, 11) is -3.38. The molecule has 1 saturated carbocycles. The molecule has 166 valence electrons. The first-order chi connectivity index (χ1) is 14.6. The van der Waals surface area contributed by atoms with Crippen LogP contribution in [-0.4, -0.2) is 44.6 Å². The van der Waals surface area contributed by atoms with Crippen molar-refractivity contribution in [1.29, 1.82) is 0 Å². The monoisotopic (exact) mass is 452 g/mol. The van der Waals surface area contributed by atoms with Crippen molar-refractivity contribution in [3.63, 3.8) is 0 Å². The summed E-state index contributed by atoms with van der Waals surface area (Å²) in [5.41, 5.74) is 0.420. The number of likely N-dealkylation sites (tertiary alicyclic amines) is 1. The molecule has 0 radical (unpaired) electrons. The van der Waals surface area contributed by atoms with Crippen molar-refractivity contribution in [2.24, 2.45) is 5.92 Å². The van der Waals surface area contributed by atoms with Gasteiger partial charge in [-0.3, -0.25) is 4.79 Å². The van der Waals surface area contributed by atoms with Crippen LogP contribution in [0.25, 0.3) is 11.1 Å². The number of nitrogens with zero attached hydrogens (tertiary/aromatic N) is 1. The molecule has 1 amide bonds. The van der Waals surface area contributed by atoms with Crippen LogP contribution in [0.4, 0.5) is 13.2 Å². The number of benzene rings is 2. The molecule has 2 fully saturated rings. The topological polar surface area (TPSA) is 66.5 Å². The highest BCUT2D eigenvalue weighted by Crippen LogP contribution is 2.52. The number of rotatable bonds is 5. The Kier molecular flexibility index (Phi) is 5.83. The largest absolute Gasteiger partial charge is 0.341 e. The summed E-state index contributed by atoms with van der Waals surface area (Å²) in [6.07, 6.45) is 2.84. The number of halogens is 3. The van der Waals surface area contributed by atoms with Crippen molar-refractivity contribution in [3.05, 3.63) is 59.4 Å². The zero-order chi connectivity index (χ0) is 22.3. The van der Waals surface area contributed by atoms with Gasteiger partial charge in [0.05, 0.1) is 11.8 Å². The summed E-state index contributed by atoms with van der Waals surface area (Å²) >= 11 is 0. The molecule has 0 aromatic heterocycles. The normalized spacial score (nSPS) is 23.6. The maximum atomic E-state index is 14.4. The average Bonchev–Trinajstić information content (AvgIpc) is 3.48. The molecule has 1 N–H and O–H groups in total. The highest BCUT2D eigenvalue weighted by molar-refractivity contribution is 7.88. The third-order valence-electron chi connectivity index (χ3n) is 5.87. The van der Waals surface area contributed by atoms with Crippen LogP contribution in [0.15, 0.2) is 36.4 Å². The second-order valence-corrected chi connectivity index (χ2v) is 10.1. The number of nitrogens with one attached hydrogen (secondary N) is 1. The Morgan fingerprint density at radius 1 is 1.13 bits per heavy atom. The summed E-state index contributed by atoms with van der Waals surface area (Å²) in [6.45, 7) is 0.787. The molecule has 3 atom stereocenters. The third kappa shape index (κ3) is 4.77. The van der Waals surface area contributed by atoms with Gasteiger partial charge in [-0.1, -0.05) is 12.1 Å². The average molecular weight is 452 g/mol. The minimum absolute atomic E-state index is 0.144. The first-order valence-corrected chi connectivity index (χ1v) is 12.0. The van der Waals surface area contributed by atoms with Gasteiger partial charge in [0.2, 0.25) is 15.9 Å². The molecule has 3 unspecified atom stereocenters. The van der Waals surface area contributed by atoms with Gasteiger partial charge in [-0.05, 0) is 60.6 Å². The van der Waals surface area contributed by atoms with E-state index in [-0.39, 0.29) is 35.5 Å².